The van der Waals surface area contributed by atoms with Crippen LogP contribution in [0.5, 0.6) is 0 Å². The van der Waals surface area contributed by atoms with Gasteiger partial charge in [0.2, 0.25) is 0 Å². The van der Waals surface area contributed by atoms with Crippen molar-refractivity contribution in [2.45, 2.75) is 6.92 Å². The molecule has 2 aromatic heterocycles. The molecule has 0 bridgehead atoms. The molecule has 0 aliphatic heterocycles. The van der Waals surface area contributed by atoms with Crippen LogP contribution in [0.25, 0.3) is 21.8 Å². The topological polar surface area (TPSA) is 58.4 Å². The van der Waals surface area contributed by atoms with Gasteiger partial charge >= 0.3 is 0 Å². The van der Waals surface area contributed by atoms with Crippen LogP contribution in [0.2, 0.25) is 0 Å². The highest BCUT2D eigenvalue weighted by Gasteiger charge is 2.18. The van der Waals surface area contributed by atoms with Gasteiger partial charge in [0.25, 0.3) is 0 Å². The average Bonchev–Trinajstić information content (AvgIpc) is 2.99. The second-order valence-corrected chi connectivity index (χ2v) is 5.78. The first-order chi connectivity index (χ1) is 11.1. The fraction of sp³-hybridized carbons (Fsp3) is 0.0625. The molecule has 0 aliphatic carbocycles. The minimum atomic E-state index is -0.692. The van der Waals surface area contributed by atoms with Crippen LogP contribution in [-0.2, 0) is 0 Å². The van der Waals surface area contributed by atoms with Crippen molar-refractivity contribution in [2.75, 3.05) is 0 Å². The molecule has 0 amide bonds. The molecule has 0 unspecified atom stereocenters. The van der Waals surface area contributed by atoms with Gasteiger partial charge in [-0.05, 0) is 31.2 Å². The molecule has 1 N–H and O–H groups in total. The Morgan fingerprint density at radius 2 is 1.74 bits per heavy atom. The highest BCUT2D eigenvalue weighted by atomic mass is 32.1. The number of hydrogen-bond donors (Lipinski definition) is 1. The zero-order chi connectivity index (χ0) is 16.4. The SMILES string of the molecule is C/C(=N\O)c1sc(-c2ccncc2)nc1-c1cc(F)cc(F)c1. The van der Waals surface area contributed by atoms with Gasteiger partial charge in [-0.2, -0.15) is 0 Å². The van der Waals surface area contributed by atoms with Crippen molar-refractivity contribution in [3.8, 4) is 21.8 Å². The minimum absolute atomic E-state index is 0.289. The van der Waals surface area contributed by atoms with Crippen LogP contribution in [0, 0.1) is 11.6 Å². The van der Waals surface area contributed by atoms with Crippen molar-refractivity contribution in [3.63, 3.8) is 0 Å². The van der Waals surface area contributed by atoms with Gasteiger partial charge in [0, 0.05) is 29.6 Å². The maximum Gasteiger partial charge on any atom is 0.126 e. The predicted octanol–water partition coefficient (Wildman–Crippen LogP) is 4.35. The Morgan fingerprint density at radius 1 is 1.09 bits per heavy atom. The zero-order valence-electron chi connectivity index (χ0n) is 12.0. The van der Waals surface area contributed by atoms with Crippen molar-refractivity contribution in [1.29, 1.82) is 0 Å². The van der Waals surface area contributed by atoms with Gasteiger partial charge in [-0.15, -0.1) is 11.3 Å². The van der Waals surface area contributed by atoms with Crippen molar-refractivity contribution >= 4 is 17.0 Å². The fourth-order valence-corrected chi connectivity index (χ4v) is 3.15. The van der Waals surface area contributed by atoms with Crippen molar-refractivity contribution in [1.82, 2.24) is 9.97 Å². The highest BCUT2D eigenvalue weighted by molar-refractivity contribution is 7.17. The van der Waals surface area contributed by atoms with E-state index in [0.717, 1.165) is 11.6 Å². The molecule has 0 fully saturated rings. The molecule has 23 heavy (non-hydrogen) atoms. The molecule has 4 nitrogen and oxygen atoms in total. The first kappa shape index (κ1) is 15.2. The standard InChI is InChI=1S/C16H11F2N3OS/c1-9(21-22)15-14(11-6-12(17)8-13(18)7-11)20-16(23-15)10-2-4-19-5-3-10/h2-8,22H,1H3/b21-9+. The third-order valence-electron chi connectivity index (χ3n) is 3.17. The number of rotatable bonds is 3. The lowest BCUT2D eigenvalue weighted by atomic mass is 10.1. The summed E-state index contributed by atoms with van der Waals surface area (Å²) in [5, 5.41) is 12.9. The second kappa shape index (κ2) is 6.21. The molecular weight excluding hydrogens is 320 g/mol. The first-order valence-corrected chi connectivity index (χ1v) is 7.47. The Balaban J connectivity index is 2.20. The van der Waals surface area contributed by atoms with Crippen LogP contribution in [0.1, 0.15) is 11.8 Å². The Labute approximate surface area is 134 Å². The molecule has 7 heteroatoms. The molecule has 0 saturated heterocycles. The van der Waals surface area contributed by atoms with Gasteiger partial charge in [0.05, 0.1) is 16.3 Å². The summed E-state index contributed by atoms with van der Waals surface area (Å²) in [7, 11) is 0. The van der Waals surface area contributed by atoms with Crippen LogP contribution in [-0.4, -0.2) is 20.9 Å². The molecule has 0 aliphatic rings. The van der Waals surface area contributed by atoms with Gasteiger partial charge in [0.1, 0.15) is 16.6 Å². The molecule has 2 heterocycles. The molecule has 0 atom stereocenters. The maximum absolute atomic E-state index is 13.5. The van der Waals surface area contributed by atoms with Gasteiger partial charge in [-0.1, -0.05) is 5.16 Å². The normalized spacial score (nSPS) is 11.7. The number of oxime groups is 1. The molecule has 0 saturated carbocycles. The van der Waals surface area contributed by atoms with Gasteiger partial charge in [0.15, 0.2) is 0 Å². The van der Waals surface area contributed by atoms with Crippen LogP contribution >= 0.6 is 11.3 Å². The van der Waals surface area contributed by atoms with Crippen LogP contribution in [0.4, 0.5) is 8.78 Å². The molecule has 116 valence electrons. The van der Waals surface area contributed by atoms with E-state index in [1.54, 1.807) is 31.5 Å². The van der Waals surface area contributed by atoms with Crippen molar-refractivity contribution < 1.29 is 14.0 Å². The zero-order valence-corrected chi connectivity index (χ0v) is 12.8. The van der Waals surface area contributed by atoms with Gasteiger partial charge in [-0.25, -0.2) is 13.8 Å². The number of thiazole rings is 1. The quantitative estimate of drug-likeness (QED) is 0.441. The largest absolute Gasteiger partial charge is 0.411 e. The van der Waals surface area contributed by atoms with Crippen LogP contribution in [0.3, 0.4) is 0 Å². The summed E-state index contributed by atoms with van der Waals surface area (Å²) >= 11 is 1.28. The Morgan fingerprint density at radius 3 is 2.35 bits per heavy atom. The third kappa shape index (κ3) is 3.09. The summed E-state index contributed by atoms with van der Waals surface area (Å²) < 4.78 is 27.0. The molecule has 0 spiro atoms. The minimum Gasteiger partial charge on any atom is -0.411 e. The van der Waals surface area contributed by atoms with E-state index in [4.69, 9.17) is 5.21 Å². The Hall–Kier alpha value is -2.67. The smallest absolute Gasteiger partial charge is 0.126 e. The Kier molecular flexibility index (Phi) is 4.12. The van der Waals surface area contributed by atoms with Crippen molar-refractivity contribution in [2.24, 2.45) is 5.16 Å². The first-order valence-electron chi connectivity index (χ1n) is 6.65. The van der Waals surface area contributed by atoms with E-state index < -0.39 is 11.6 Å². The number of benzene rings is 1. The van der Waals surface area contributed by atoms with E-state index in [1.807, 2.05) is 0 Å². The molecule has 3 rings (SSSR count). The summed E-state index contributed by atoms with van der Waals surface area (Å²) in [6.07, 6.45) is 3.26. The maximum atomic E-state index is 13.5. The predicted molar refractivity (Wildman–Crippen MR) is 84.7 cm³/mol. The van der Waals surface area contributed by atoms with E-state index >= 15 is 0 Å². The van der Waals surface area contributed by atoms with Crippen molar-refractivity contribution in [3.05, 3.63) is 59.2 Å². The van der Waals surface area contributed by atoms with Crippen LogP contribution in [0.15, 0.2) is 47.9 Å². The fourth-order valence-electron chi connectivity index (χ4n) is 2.11. The lowest BCUT2D eigenvalue weighted by molar-refractivity contribution is 0.319. The summed E-state index contributed by atoms with van der Waals surface area (Å²) in [5.74, 6) is -1.38. The lowest BCUT2D eigenvalue weighted by Crippen LogP contribution is -1.95. The molecular formula is C16H11F2N3OS. The van der Waals surface area contributed by atoms with E-state index in [9.17, 15) is 8.78 Å². The second-order valence-electron chi connectivity index (χ2n) is 4.78. The number of aromatic nitrogens is 2. The van der Waals surface area contributed by atoms with E-state index in [-0.39, 0.29) is 5.56 Å². The summed E-state index contributed by atoms with van der Waals surface area (Å²) in [5.41, 5.74) is 1.80. The number of pyridine rings is 1. The van der Waals surface area contributed by atoms with Gasteiger partial charge in [-0.3, -0.25) is 4.98 Å². The third-order valence-corrected chi connectivity index (χ3v) is 4.38. The molecule has 3 aromatic rings. The van der Waals surface area contributed by atoms with Crippen LogP contribution < -0.4 is 0 Å². The monoisotopic (exact) mass is 331 g/mol. The van der Waals surface area contributed by atoms with E-state index in [2.05, 4.69) is 15.1 Å². The molecule has 1 aromatic carbocycles. The summed E-state index contributed by atoms with van der Waals surface area (Å²) in [6.45, 7) is 1.60. The van der Waals surface area contributed by atoms with E-state index in [1.165, 1.54) is 23.5 Å². The molecule has 0 radical (unpaired) electrons. The average molecular weight is 331 g/mol. The van der Waals surface area contributed by atoms with E-state index in [0.29, 0.717) is 21.3 Å². The number of halogens is 2. The number of nitrogens with zero attached hydrogens (tertiary/aromatic N) is 3. The summed E-state index contributed by atoms with van der Waals surface area (Å²) in [6, 6.07) is 6.76. The Bertz CT molecular complexity index is 858. The number of hydrogen-bond acceptors (Lipinski definition) is 5. The summed E-state index contributed by atoms with van der Waals surface area (Å²) in [4.78, 5) is 8.96. The highest BCUT2D eigenvalue weighted by Crippen LogP contribution is 2.34. The lowest BCUT2D eigenvalue weighted by Gasteiger charge is -2.02. The van der Waals surface area contributed by atoms with Gasteiger partial charge < -0.3 is 5.21 Å².